The van der Waals surface area contributed by atoms with Crippen LogP contribution in [0.3, 0.4) is 0 Å². The van der Waals surface area contributed by atoms with Gasteiger partial charge < -0.3 is 5.32 Å². The third-order valence-electron chi connectivity index (χ3n) is 4.73. The van der Waals surface area contributed by atoms with Crippen molar-refractivity contribution in [3.63, 3.8) is 0 Å². The van der Waals surface area contributed by atoms with E-state index in [1.165, 1.54) is 50.5 Å². The highest BCUT2D eigenvalue weighted by atomic mass is 16.1. The number of hydrogen-bond acceptors (Lipinski definition) is 4. The van der Waals surface area contributed by atoms with E-state index in [-0.39, 0.29) is 12.3 Å². The molecule has 0 saturated heterocycles. The zero-order chi connectivity index (χ0) is 19.2. The van der Waals surface area contributed by atoms with Crippen LogP contribution in [0.25, 0.3) is 0 Å². The summed E-state index contributed by atoms with van der Waals surface area (Å²) < 4.78 is 1.73. The second kappa shape index (κ2) is 13.0. The van der Waals surface area contributed by atoms with E-state index in [0.29, 0.717) is 12.4 Å². The summed E-state index contributed by atoms with van der Waals surface area (Å²) in [5.74, 6) is 0.619. The standard InChI is InChI=1S/C21H33N5O/c1-2-3-4-5-6-7-8-12-16-22-21(27)18-20-23-24-25-26(20)17-15-19-13-10-9-11-14-19/h9-11,13-14H,2-8,12,15-18H2,1H3,(H,22,27). The van der Waals surface area contributed by atoms with Gasteiger partial charge in [0.25, 0.3) is 0 Å². The lowest BCUT2D eigenvalue weighted by atomic mass is 10.1. The van der Waals surface area contributed by atoms with Gasteiger partial charge in [0.1, 0.15) is 0 Å². The van der Waals surface area contributed by atoms with Gasteiger partial charge in [0, 0.05) is 13.1 Å². The summed E-state index contributed by atoms with van der Waals surface area (Å²) in [5, 5.41) is 14.7. The molecule has 0 radical (unpaired) electrons. The molecule has 2 aromatic rings. The van der Waals surface area contributed by atoms with Crippen LogP contribution in [0.4, 0.5) is 0 Å². The molecule has 0 aliphatic carbocycles. The first-order valence-corrected chi connectivity index (χ1v) is 10.3. The Hall–Kier alpha value is -2.24. The maximum Gasteiger partial charge on any atom is 0.227 e. The van der Waals surface area contributed by atoms with E-state index in [1.807, 2.05) is 18.2 Å². The number of carbonyl (C=O) groups is 1. The van der Waals surface area contributed by atoms with Gasteiger partial charge >= 0.3 is 0 Å². The Morgan fingerprint density at radius 1 is 1.00 bits per heavy atom. The fourth-order valence-electron chi connectivity index (χ4n) is 3.10. The molecule has 1 aromatic carbocycles. The predicted octanol–water partition coefficient (Wildman–Crippen LogP) is 3.72. The number of rotatable bonds is 14. The lowest BCUT2D eigenvalue weighted by Gasteiger charge is -2.07. The second-order valence-electron chi connectivity index (χ2n) is 7.06. The molecule has 0 aliphatic heterocycles. The molecule has 0 bridgehead atoms. The smallest absolute Gasteiger partial charge is 0.227 e. The van der Waals surface area contributed by atoms with Crippen molar-refractivity contribution in [3.8, 4) is 0 Å². The lowest BCUT2D eigenvalue weighted by molar-refractivity contribution is -0.120. The second-order valence-corrected chi connectivity index (χ2v) is 7.06. The average molecular weight is 372 g/mol. The van der Waals surface area contributed by atoms with Crippen LogP contribution in [-0.4, -0.2) is 32.7 Å². The number of carbonyl (C=O) groups excluding carboxylic acids is 1. The molecular weight excluding hydrogens is 338 g/mol. The fraction of sp³-hybridized carbons (Fsp3) is 0.619. The predicted molar refractivity (Wildman–Crippen MR) is 107 cm³/mol. The topological polar surface area (TPSA) is 72.7 Å². The number of unbranched alkanes of at least 4 members (excludes halogenated alkanes) is 7. The average Bonchev–Trinajstić information content (AvgIpc) is 3.13. The molecular formula is C21H33N5O. The molecule has 148 valence electrons. The molecule has 0 aliphatic rings. The Morgan fingerprint density at radius 2 is 1.70 bits per heavy atom. The van der Waals surface area contributed by atoms with Gasteiger partial charge in [-0.3, -0.25) is 4.79 Å². The number of benzene rings is 1. The van der Waals surface area contributed by atoms with Gasteiger partial charge in [0.2, 0.25) is 5.91 Å². The van der Waals surface area contributed by atoms with Crippen LogP contribution in [0, 0.1) is 0 Å². The highest BCUT2D eigenvalue weighted by Gasteiger charge is 2.11. The van der Waals surface area contributed by atoms with Crippen molar-refractivity contribution in [1.82, 2.24) is 25.5 Å². The molecule has 1 heterocycles. The first kappa shape index (κ1) is 21.1. The van der Waals surface area contributed by atoms with Crippen LogP contribution >= 0.6 is 0 Å². The summed E-state index contributed by atoms with van der Waals surface area (Å²) >= 11 is 0. The molecule has 27 heavy (non-hydrogen) atoms. The van der Waals surface area contributed by atoms with Crippen LogP contribution in [0.5, 0.6) is 0 Å². The molecule has 0 atom stereocenters. The normalized spacial score (nSPS) is 10.9. The summed E-state index contributed by atoms with van der Waals surface area (Å²) in [6.07, 6.45) is 11.2. The molecule has 2 rings (SSSR count). The Balaban J connectivity index is 1.59. The highest BCUT2D eigenvalue weighted by molar-refractivity contribution is 5.77. The van der Waals surface area contributed by atoms with Crippen molar-refractivity contribution >= 4 is 5.91 Å². The van der Waals surface area contributed by atoms with Crippen LogP contribution in [0.1, 0.15) is 69.7 Å². The molecule has 0 spiro atoms. The summed E-state index contributed by atoms with van der Waals surface area (Å²) in [5.41, 5.74) is 1.23. The number of nitrogens with zero attached hydrogens (tertiary/aromatic N) is 4. The van der Waals surface area contributed by atoms with Crippen molar-refractivity contribution in [1.29, 1.82) is 0 Å². The van der Waals surface area contributed by atoms with Crippen LogP contribution < -0.4 is 5.32 Å². The van der Waals surface area contributed by atoms with E-state index < -0.39 is 0 Å². The number of nitrogens with one attached hydrogen (secondary N) is 1. The molecule has 1 amide bonds. The van der Waals surface area contributed by atoms with Crippen molar-refractivity contribution in [2.45, 2.75) is 77.7 Å². The maximum absolute atomic E-state index is 12.1. The molecule has 6 heteroatoms. The molecule has 0 saturated carbocycles. The molecule has 1 N–H and O–H groups in total. The summed E-state index contributed by atoms with van der Waals surface area (Å²) in [6, 6.07) is 10.2. The van der Waals surface area contributed by atoms with E-state index in [9.17, 15) is 4.79 Å². The van der Waals surface area contributed by atoms with Gasteiger partial charge in [0.05, 0.1) is 6.42 Å². The minimum absolute atomic E-state index is 0.00583. The van der Waals surface area contributed by atoms with Crippen molar-refractivity contribution < 1.29 is 4.79 Å². The van der Waals surface area contributed by atoms with Gasteiger partial charge in [0.15, 0.2) is 5.82 Å². The van der Waals surface area contributed by atoms with Gasteiger partial charge in [-0.2, -0.15) is 0 Å². The minimum Gasteiger partial charge on any atom is -0.356 e. The number of aryl methyl sites for hydroxylation is 2. The van der Waals surface area contributed by atoms with Crippen LogP contribution in [-0.2, 0) is 24.2 Å². The quantitative estimate of drug-likeness (QED) is 0.514. The summed E-state index contributed by atoms with van der Waals surface area (Å²) in [7, 11) is 0. The number of hydrogen-bond donors (Lipinski definition) is 1. The zero-order valence-corrected chi connectivity index (χ0v) is 16.6. The van der Waals surface area contributed by atoms with Gasteiger partial charge in [-0.15, -0.1) is 5.10 Å². The zero-order valence-electron chi connectivity index (χ0n) is 16.6. The monoisotopic (exact) mass is 371 g/mol. The first-order valence-electron chi connectivity index (χ1n) is 10.3. The van der Waals surface area contributed by atoms with Crippen molar-refractivity contribution in [3.05, 3.63) is 41.7 Å². The van der Waals surface area contributed by atoms with Crippen LogP contribution in [0.2, 0.25) is 0 Å². The Labute approximate surface area is 162 Å². The molecule has 6 nitrogen and oxygen atoms in total. The Kier molecular flexibility index (Phi) is 10.1. The third kappa shape index (κ3) is 8.80. The fourth-order valence-corrected chi connectivity index (χ4v) is 3.10. The van der Waals surface area contributed by atoms with E-state index in [2.05, 4.69) is 39.9 Å². The van der Waals surface area contributed by atoms with E-state index in [1.54, 1.807) is 4.68 Å². The first-order chi connectivity index (χ1) is 13.3. The summed E-state index contributed by atoms with van der Waals surface area (Å²) in [6.45, 7) is 3.65. The van der Waals surface area contributed by atoms with Gasteiger partial charge in [-0.1, -0.05) is 82.2 Å². The number of aromatic nitrogens is 4. The van der Waals surface area contributed by atoms with Gasteiger partial charge in [-0.25, -0.2) is 4.68 Å². The van der Waals surface area contributed by atoms with Crippen LogP contribution in [0.15, 0.2) is 30.3 Å². The SMILES string of the molecule is CCCCCCCCCCNC(=O)Cc1nnnn1CCc1ccccc1. The summed E-state index contributed by atoms with van der Waals surface area (Å²) in [4.78, 5) is 12.1. The molecule has 0 unspecified atom stereocenters. The maximum atomic E-state index is 12.1. The minimum atomic E-state index is -0.00583. The number of amides is 1. The lowest BCUT2D eigenvalue weighted by Crippen LogP contribution is -2.27. The molecule has 0 fully saturated rings. The Bertz CT molecular complexity index is 641. The highest BCUT2D eigenvalue weighted by Crippen LogP contribution is 2.08. The number of tetrazole rings is 1. The third-order valence-corrected chi connectivity index (χ3v) is 4.73. The Morgan fingerprint density at radius 3 is 2.44 bits per heavy atom. The van der Waals surface area contributed by atoms with Crippen molar-refractivity contribution in [2.24, 2.45) is 0 Å². The van der Waals surface area contributed by atoms with E-state index in [4.69, 9.17) is 0 Å². The van der Waals surface area contributed by atoms with E-state index in [0.717, 1.165) is 19.4 Å². The molecule has 1 aromatic heterocycles. The largest absolute Gasteiger partial charge is 0.356 e. The van der Waals surface area contributed by atoms with E-state index >= 15 is 0 Å². The van der Waals surface area contributed by atoms with Crippen molar-refractivity contribution in [2.75, 3.05) is 6.54 Å². The van der Waals surface area contributed by atoms with Gasteiger partial charge in [-0.05, 0) is 28.8 Å².